The minimum Gasteiger partial charge on any atom is -0.356 e. The van der Waals surface area contributed by atoms with Crippen LogP contribution in [0.25, 0.3) is 0 Å². The van der Waals surface area contributed by atoms with Gasteiger partial charge in [0.05, 0.1) is 0 Å². The molecule has 14 heavy (non-hydrogen) atoms. The molecule has 0 heterocycles. The Morgan fingerprint density at radius 1 is 1.29 bits per heavy atom. The molecule has 5 heteroatoms. The Balaban J connectivity index is 3.44. The lowest BCUT2D eigenvalue weighted by atomic mass is 10.3. The third-order valence-corrected chi connectivity index (χ3v) is 1.78. The molecule has 0 aliphatic carbocycles. The second-order valence-electron chi connectivity index (χ2n) is 3.01. The van der Waals surface area contributed by atoms with Gasteiger partial charge >= 0.3 is 0 Å². The van der Waals surface area contributed by atoms with Crippen molar-refractivity contribution in [1.82, 2.24) is 10.6 Å². The van der Waals surface area contributed by atoms with Gasteiger partial charge in [-0.15, -0.1) is 11.6 Å². The highest BCUT2D eigenvalue weighted by molar-refractivity contribution is 6.30. The van der Waals surface area contributed by atoms with Crippen LogP contribution in [0.5, 0.6) is 0 Å². The van der Waals surface area contributed by atoms with Crippen LogP contribution < -0.4 is 10.6 Å². The smallest absolute Gasteiger partial charge is 0.237 e. The van der Waals surface area contributed by atoms with E-state index in [-0.39, 0.29) is 11.8 Å². The van der Waals surface area contributed by atoms with Crippen LogP contribution in [-0.4, -0.2) is 30.3 Å². The second-order valence-corrected chi connectivity index (χ2v) is 3.66. The maximum Gasteiger partial charge on any atom is 0.237 e. The van der Waals surface area contributed by atoms with Gasteiger partial charge in [-0.05, 0) is 13.3 Å². The number of rotatable bonds is 6. The van der Waals surface area contributed by atoms with Gasteiger partial charge in [0.2, 0.25) is 11.8 Å². The number of alkyl halides is 1. The number of hydrogen-bond acceptors (Lipinski definition) is 2. The van der Waals surface area contributed by atoms with Crippen molar-refractivity contribution in [3.05, 3.63) is 0 Å². The van der Waals surface area contributed by atoms with Crippen molar-refractivity contribution in [2.45, 2.75) is 32.1 Å². The van der Waals surface area contributed by atoms with Crippen LogP contribution in [0.15, 0.2) is 0 Å². The molecule has 0 bridgehead atoms. The lowest BCUT2D eigenvalue weighted by Crippen LogP contribution is -2.34. The molecule has 1 atom stereocenters. The molecule has 0 radical (unpaired) electrons. The van der Waals surface area contributed by atoms with Crippen molar-refractivity contribution in [1.29, 1.82) is 0 Å². The molecule has 0 aliphatic heterocycles. The van der Waals surface area contributed by atoms with E-state index in [9.17, 15) is 9.59 Å². The number of halogens is 1. The van der Waals surface area contributed by atoms with Gasteiger partial charge in [-0.25, -0.2) is 0 Å². The fourth-order valence-electron chi connectivity index (χ4n) is 0.793. The summed E-state index contributed by atoms with van der Waals surface area (Å²) in [4.78, 5) is 22.0. The van der Waals surface area contributed by atoms with Crippen LogP contribution in [-0.2, 0) is 9.59 Å². The van der Waals surface area contributed by atoms with E-state index in [1.807, 2.05) is 6.92 Å². The predicted molar refractivity (Wildman–Crippen MR) is 56.2 cm³/mol. The third kappa shape index (κ3) is 6.71. The normalized spacial score (nSPS) is 11.9. The molecule has 4 nitrogen and oxygen atoms in total. The SMILES string of the molecule is CCCNC(=O)CCNC(=O)C(C)Cl. The Labute approximate surface area is 89.4 Å². The van der Waals surface area contributed by atoms with Crippen LogP contribution in [0.3, 0.4) is 0 Å². The summed E-state index contributed by atoms with van der Waals surface area (Å²) in [5.74, 6) is -0.288. The second kappa shape index (κ2) is 7.62. The Morgan fingerprint density at radius 3 is 2.43 bits per heavy atom. The van der Waals surface area contributed by atoms with Gasteiger partial charge in [-0.2, -0.15) is 0 Å². The van der Waals surface area contributed by atoms with Crippen LogP contribution >= 0.6 is 11.6 Å². The zero-order chi connectivity index (χ0) is 11.0. The van der Waals surface area contributed by atoms with Gasteiger partial charge < -0.3 is 10.6 Å². The molecule has 0 aliphatic rings. The monoisotopic (exact) mass is 220 g/mol. The van der Waals surface area contributed by atoms with Crippen molar-refractivity contribution in [3.63, 3.8) is 0 Å². The maximum absolute atomic E-state index is 11.1. The summed E-state index contributed by atoms with van der Waals surface area (Å²) < 4.78 is 0. The topological polar surface area (TPSA) is 58.2 Å². The van der Waals surface area contributed by atoms with Gasteiger partial charge in [0.1, 0.15) is 5.38 Å². The van der Waals surface area contributed by atoms with Crippen LogP contribution in [0.2, 0.25) is 0 Å². The highest BCUT2D eigenvalue weighted by Gasteiger charge is 2.08. The van der Waals surface area contributed by atoms with Crippen molar-refractivity contribution in [2.75, 3.05) is 13.1 Å². The number of nitrogens with one attached hydrogen (secondary N) is 2. The minimum absolute atomic E-state index is 0.0469. The Morgan fingerprint density at radius 2 is 1.93 bits per heavy atom. The van der Waals surface area contributed by atoms with Gasteiger partial charge in [0.15, 0.2) is 0 Å². The first-order valence-corrected chi connectivity index (χ1v) is 5.20. The van der Waals surface area contributed by atoms with E-state index >= 15 is 0 Å². The summed E-state index contributed by atoms with van der Waals surface area (Å²) in [5, 5.41) is 4.72. The van der Waals surface area contributed by atoms with Crippen molar-refractivity contribution >= 4 is 23.4 Å². The van der Waals surface area contributed by atoms with E-state index in [1.54, 1.807) is 6.92 Å². The van der Waals surface area contributed by atoms with Gasteiger partial charge in [-0.1, -0.05) is 6.92 Å². The molecule has 0 saturated heterocycles. The first kappa shape index (κ1) is 13.2. The predicted octanol–water partition coefficient (Wildman–Crippen LogP) is 0.646. The number of carbonyl (C=O) groups excluding carboxylic acids is 2. The van der Waals surface area contributed by atoms with Gasteiger partial charge in [0.25, 0.3) is 0 Å². The first-order chi connectivity index (χ1) is 6.57. The molecular formula is C9H17ClN2O2. The summed E-state index contributed by atoms with van der Waals surface area (Å²) in [5.41, 5.74) is 0. The summed E-state index contributed by atoms with van der Waals surface area (Å²) in [7, 11) is 0. The minimum atomic E-state index is -0.547. The van der Waals surface area contributed by atoms with Gasteiger partial charge in [0, 0.05) is 19.5 Å². The van der Waals surface area contributed by atoms with E-state index in [1.165, 1.54) is 0 Å². The third-order valence-electron chi connectivity index (χ3n) is 1.58. The number of hydrogen-bond donors (Lipinski definition) is 2. The molecule has 0 aromatic carbocycles. The van der Waals surface area contributed by atoms with Crippen molar-refractivity contribution in [3.8, 4) is 0 Å². The molecule has 82 valence electrons. The van der Waals surface area contributed by atoms with E-state index < -0.39 is 5.38 Å². The lowest BCUT2D eigenvalue weighted by Gasteiger charge is -2.06. The molecular weight excluding hydrogens is 204 g/mol. The van der Waals surface area contributed by atoms with Crippen molar-refractivity contribution < 1.29 is 9.59 Å². The number of amides is 2. The summed E-state index contributed by atoms with van der Waals surface area (Å²) in [6.45, 7) is 4.59. The van der Waals surface area contributed by atoms with Gasteiger partial charge in [-0.3, -0.25) is 9.59 Å². The molecule has 0 rings (SSSR count). The molecule has 2 N–H and O–H groups in total. The zero-order valence-corrected chi connectivity index (χ0v) is 9.36. The van der Waals surface area contributed by atoms with E-state index in [0.717, 1.165) is 6.42 Å². The quantitative estimate of drug-likeness (QED) is 0.646. The first-order valence-electron chi connectivity index (χ1n) is 4.76. The standard InChI is InChI=1S/C9H17ClN2O2/c1-3-5-11-8(13)4-6-12-9(14)7(2)10/h7H,3-6H2,1-2H3,(H,11,13)(H,12,14). The molecule has 0 saturated carbocycles. The van der Waals surface area contributed by atoms with E-state index in [2.05, 4.69) is 10.6 Å². The van der Waals surface area contributed by atoms with Crippen LogP contribution in [0.4, 0.5) is 0 Å². The largest absolute Gasteiger partial charge is 0.356 e. The molecule has 0 aromatic heterocycles. The Kier molecular flexibility index (Phi) is 7.20. The lowest BCUT2D eigenvalue weighted by molar-refractivity contribution is -0.122. The summed E-state index contributed by atoms with van der Waals surface area (Å²) in [6.07, 6.45) is 1.21. The Bertz CT molecular complexity index is 195. The van der Waals surface area contributed by atoms with E-state index in [0.29, 0.717) is 19.5 Å². The van der Waals surface area contributed by atoms with Crippen molar-refractivity contribution in [2.24, 2.45) is 0 Å². The van der Waals surface area contributed by atoms with Crippen LogP contribution in [0, 0.1) is 0 Å². The van der Waals surface area contributed by atoms with E-state index in [4.69, 9.17) is 11.6 Å². The Hall–Kier alpha value is -0.770. The fourth-order valence-corrected chi connectivity index (χ4v) is 0.870. The molecule has 0 fully saturated rings. The molecule has 1 unspecified atom stereocenters. The summed E-state index contributed by atoms with van der Waals surface area (Å²) >= 11 is 5.51. The zero-order valence-electron chi connectivity index (χ0n) is 8.60. The maximum atomic E-state index is 11.1. The highest BCUT2D eigenvalue weighted by Crippen LogP contribution is 1.91. The molecule has 0 aromatic rings. The highest BCUT2D eigenvalue weighted by atomic mass is 35.5. The molecule has 0 spiro atoms. The molecule has 2 amide bonds. The number of carbonyl (C=O) groups is 2. The average molecular weight is 221 g/mol. The fraction of sp³-hybridized carbons (Fsp3) is 0.778. The average Bonchev–Trinajstić information content (AvgIpc) is 2.14. The summed E-state index contributed by atoms with van der Waals surface area (Å²) in [6, 6.07) is 0. The van der Waals surface area contributed by atoms with Crippen LogP contribution in [0.1, 0.15) is 26.7 Å².